The van der Waals surface area contributed by atoms with E-state index in [2.05, 4.69) is 0 Å². The first kappa shape index (κ1) is 15.0. The van der Waals surface area contributed by atoms with Crippen LogP contribution in [0.4, 0.5) is 0 Å². The van der Waals surface area contributed by atoms with Crippen LogP contribution in [0.25, 0.3) is 0 Å². The van der Waals surface area contributed by atoms with E-state index in [4.69, 9.17) is 0 Å². The minimum Gasteiger partial charge on any atom is -0.263 e. The summed E-state index contributed by atoms with van der Waals surface area (Å²) in [7, 11) is -1.07. The normalized spacial score (nSPS) is 11.4. The molecule has 0 fully saturated rings. The van der Waals surface area contributed by atoms with Crippen LogP contribution < -0.4 is 0 Å². The van der Waals surface area contributed by atoms with Gasteiger partial charge in [0, 0.05) is 15.7 Å². The zero-order chi connectivity index (χ0) is 12.3. The SMILES string of the molecule is Cc1ccc([CH-]S(=O)c2ccc(C)cc2)cc1.[Cu+]. The molecule has 18 heavy (non-hydrogen) atoms. The molecule has 0 aliphatic rings. The molecule has 0 N–H and O–H groups in total. The first-order valence-corrected chi connectivity index (χ1v) is 6.75. The minimum atomic E-state index is -1.07. The quantitative estimate of drug-likeness (QED) is 0.625. The van der Waals surface area contributed by atoms with Crippen molar-refractivity contribution in [2.24, 2.45) is 0 Å². The summed E-state index contributed by atoms with van der Waals surface area (Å²) in [6.07, 6.45) is 0. The van der Waals surface area contributed by atoms with Gasteiger partial charge in [-0.2, -0.15) is 17.7 Å². The molecule has 1 nitrogen and oxygen atoms in total. The van der Waals surface area contributed by atoms with Gasteiger partial charge in [-0.1, -0.05) is 29.0 Å². The van der Waals surface area contributed by atoms with Crippen LogP contribution in [0.3, 0.4) is 0 Å². The van der Waals surface area contributed by atoms with Crippen molar-refractivity contribution in [1.29, 1.82) is 0 Å². The van der Waals surface area contributed by atoms with Crippen molar-refractivity contribution < 1.29 is 21.3 Å². The third kappa shape index (κ3) is 4.02. The maximum Gasteiger partial charge on any atom is 1.00 e. The van der Waals surface area contributed by atoms with E-state index in [0.717, 1.165) is 10.5 Å². The molecule has 0 heterocycles. The van der Waals surface area contributed by atoms with Gasteiger partial charge in [0.1, 0.15) is 0 Å². The average Bonchev–Trinajstić information content (AvgIpc) is 2.33. The van der Waals surface area contributed by atoms with Gasteiger partial charge in [0.15, 0.2) is 0 Å². The van der Waals surface area contributed by atoms with Gasteiger partial charge in [0.2, 0.25) is 0 Å². The summed E-state index contributed by atoms with van der Waals surface area (Å²) in [6.45, 7) is 4.07. The van der Waals surface area contributed by atoms with E-state index in [1.54, 1.807) is 5.75 Å². The summed E-state index contributed by atoms with van der Waals surface area (Å²) in [4.78, 5) is 0.844. The molecule has 0 saturated carbocycles. The second-order valence-electron chi connectivity index (χ2n) is 4.14. The smallest absolute Gasteiger partial charge is 0.263 e. The van der Waals surface area contributed by atoms with Crippen molar-refractivity contribution in [3.63, 3.8) is 0 Å². The molecule has 0 saturated heterocycles. The molecule has 0 radical (unpaired) electrons. The van der Waals surface area contributed by atoms with Crippen molar-refractivity contribution in [3.05, 3.63) is 71.0 Å². The van der Waals surface area contributed by atoms with E-state index in [-0.39, 0.29) is 17.1 Å². The van der Waals surface area contributed by atoms with Crippen LogP contribution in [0, 0.1) is 19.6 Å². The van der Waals surface area contributed by atoms with Crippen molar-refractivity contribution in [3.8, 4) is 0 Å². The Morgan fingerprint density at radius 3 is 1.78 bits per heavy atom. The molecule has 2 rings (SSSR count). The van der Waals surface area contributed by atoms with Crippen LogP contribution in [0.1, 0.15) is 16.7 Å². The topological polar surface area (TPSA) is 17.1 Å². The van der Waals surface area contributed by atoms with Crippen molar-refractivity contribution >= 4 is 10.8 Å². The molecular formula is C15H15CuOS. The van der Waals surface area contributed by atoms with Gasteiger partial charge in [-0.15, -0.1) is 12.1 Å². The molecule has 0 spiro atoms. The van der Waals surface area contributed by atoms with Gasteiger partial charge in [0.05, 0.1) is 0 Å². The van der Waals surface area contributed by atoms with Crippen LogP contribution in [0.2, 0.25) is 0 Å². The Kier molecular flexibility index (Phi) is 5.67. The molecule has 98 valence electrons. The molecule has 0 aliphatic carbocycles. The van der Waals surface area contributed by atoms with Gasteiger partial charge in [-0.25, -0.2) is 0 Å². The molecule has 3 heteroatoms. The van der Waals surface area contributed by atoms with Gasteiger partial charge >= 0.3 is 17.1 Å². The zero-order valence-corrected chi connectivity index (χ0v) is 12.1. The fraction of sp³-hybridized carbons (Fsp3) is 0.133. The van der Waals surface area contributed by atoms with Crippen LogP contribution in [0.5, 0.6) is 0 Å². The van der Waals surface area contributed by atoms with Crippen molar-refractivity contribution in [1.82, 2.24) is 0 Å². The van der Waals surface area contributed by atoms with E-state index in [9.17, 15) is 4.21 Å². The number of rotatable bonds is 3. The standard InChI is InChI=1S/C15H15OS.Cu/c1-12-3-7-14(8-4-12)11-17(16)15-9-5-13(2)6-10-15;/h3-11H,1-2H3;/q-1;+1. The number of benzene rings is 2. The van der Waals surface area contributed by atoms with Gasteiger partial charge in [-0.05, 0) is 26.0 Å². The van der Waals surface area contributed by atoms with E-state index >= 15 is 0 Å². The Morgan fingerprint density at radius 2 is 1.28 bits per heavy atom. The largest absolute Gasteiger partial charge is 1.00 e. The van der Waals surface area contributed by atoms with Gasteiger partial charge in [0.25, 0.3) is 0 Å². The fourth-order valence-corrected chi connectivity index (χ4v) is 2.45. The summed E-state index contributed by atoms with van der Waals surface area (Å²) in [5, 5.41) is 0. The third-order valence-electron chi connectivity index (χ3n) is 2.57. The molecule has 0 bridgehead atoms. The molecule has 2 aromatic carbocycles. The van der Waals surface area contributed by atoms with E-state index in [1.807, 2.05) is 62.4 Å². The first-order valence-electron chi connectivity index (χ1n) is 5.54. The van der Waals surface area contributed by atoms with Crippen LogP contribution in [0.15, 0.2) is 53.4 Å². The number of aryl methyl sites for hydroxylation is 2. The first-order chi connectivity index (χ1) is 8.15. The summed E-state index contributed by atoms with van der Waals surface area (Å²) in [5.74, 6) is 1.78. The molecule has 1 unspecified atom stereocenters. The second kappa shape index (κ2) is 6.79. The second-order valence-corrected chi connectivity index (χ2v) is 5.44. The predicted octanol–water partition coefficient (Wildman–Crippen LogP) is 3.62. The molecule has 0 amide bonds. The molecule has 2 aromatic rings. The van der Waals surface area contributed by atoms with Gasteiger partial charge in [-0.3, -0.25) is 4.21 Å². The Hall–Kier alpha value is -1.02. The number of hydrogen-bond donors (Lipinski definition) is 0. The van der Waals surface area contributed by atoms with Crippen LogP contribution in [-0.2, 0) is 27.9 Å². The zero-order valence-electron chi connectivity index (χ0n) is 10.3. The Bertz CT molecular complexity index is 517. The average molecular weight is 307 g/mol. The van der Waals surface area contributed by atoms with Crippen LogP contribution >= 0.6 is 0 Å². The van der Waals surface area contributed by atoms with E-state index < -0.39 is 10.8 Å². The maximum absolute atomic E-state index is 12.1. The monoisotopic (exact) mass is 306 g/mol. The van der Waals surface area contributed by atoms with E-state index in [1.165, 1.54) is 11.1 Å². The summed E-state index contributed by atoms with van der Waals surface area (Å²) >= 11 is 0. The Labute approximate surface area is 122 Å². The summed E-state index contributed by atoms with van der Waals surface area (Å²) < 4.78 is 12.1. The molecule has 0 aromatic heterocycles. The number of hydrogen-bond acceptors (Lipinski definition) is 1. The molecular weight excluding hydrogens is 292 g/mol. The van der Waals surface area contributed by atoms with Crippen molar-refractivity contribution in [2.75, 3.05) is 0 Å². The predicted molar refractivity (Wildman–Crippen MR) is 72.2 cm³/mol. The van der Waals surface area contributed by atoms with E-state index in [0.29, 0.717) is 0 Å². The maximum atomic E-state index is 12.1. The molecule has 1 atom stereocenters. The summed E-state index contributed by atoms with van der Waals surface area (Å²) in [6, 6.07) is 15.8. The fourth-order valence-electron chi connectivity index (χ4n) is 1.51. The van der Waals surface area contributed by atoms with Crippen molar-refractivity contribution in [2.45, 2.75) is 18.7 Å². The Morgan fingerprint density at radius 1 is 0.833 bits per heavy atom. The third-order valence-corrected chi connectivity index (χ3v) is 3.80. The molecule has 0 aliphatic heterocycles. The van der Waals surface area contributed by atoms with Crippen LogP contribution in [-0.4, -0.2) is 4.21 Å². The Balaban J connectivity index is 0.00000162. The van der Waals surface area contributed by atoms with Gasteiger partial charge < -0.3 is 0 Å². The summed E-state index contributed by atoms with van der Waals surface area (Å²) in [5.41, 5.74) is 3.39. The minimum absolute atomic E-state index is 0.